The Labute approximate surface area is 139 Å². The SMILES string of the molecule is NC(c1ccccc1)c1nnc(-c2cc(Cl)cc(Br)c2)s1. The van der Waals surface area contributed by atoms with Gasteiger partial charge in [0.15, 0.2) is 0 Å². The zero-order valence-corrected chi connectivity index (χ0v) is 14.0. The van der Waals surface area contributed by atoms with Crippen molar-refractivity contribution in [3.8, 4) is 10.6 Å². The first kappa shape index (κ1) is 14.7. The number of nitrogens with zero attached hydrogens (tertiary/aromatic N) is 2. The molecule has 3 aromatic rings. The Hall–Kier alpha value is -1.27. The van der Waals surface area contributed by atoms with Gasteiger partial charge in [0.05, 0.1) is 6.04 Å². The van der Waals surface area contributed by atoms with E-state index >= 15 is 0 Å². The zero-order valence-electron chi connectivity index (χ0n) is 10.8. The molecule has 3 rings (SSSR count). The molecule has 2 N–H and O–H groups in total. The summed E-state index contributed by atoms with van der Waals surface area (Å²) in [5.41, 5.74) is 8.19. The van der Waals surface area contributed by atoms with E-state index in [2.05, 4.69) is 26.1 Å². The van der Waals surface area contributed by atoms with Crippen LogP contribution in [0.1, 0.15) is 16.6 Å². The quantitative estimate of drug-likeness (QED) is 0.718. The van der Waals surface area contributed by atoms with Crippen molar-refractivity contribution < 1.29 is 0 Å². The van der Waals surface area contributed by atoms with Crippen molar-refractivity contribution >= 4 is 38.9 Å². The first-order chi connectivity index (χ1) is 10.1. The van der Waals surface area contributed by atoms with Crippen LogP contribution in [0.2, 0.25) is 5.02 Å². The second-order valence-electron chi connectivity index (χ2n) is 4.49. The Balaban J connectivity index is 1.93. The molecule has 1 atom stereocenters. The number of aromatic nitrogens is 2. The summed E-state index contributed by atoms with van der Waals surface area (Å²) in [5, 5.41) is 10.7. The van der Waals surface area contributed by atoms with E-state index < -0.39 is 0 Å². The van der Waals surface area contributed by atoms with E-state index in [1.54, 1.807) is 0 Å². The maximum Gasteiger partial charge on any atom is 0.147 e. The van der Waals surface area contributed by atoms with E-state index in [9.17, 15) is 0 Å². The van der Waals surface area contributed by atoms with Gasteiger partial charge in [0.2, 0.25) is 0 Å². The minimum atomic E-state index is -0.264. The number of halogens is 2. The fraction of sp³-hybridized carbons (Fsp3) is 0.0667. The minimum absolute atomic E-state index is 0.264. The normalized spacial score (nSPS) is 12.3. The first-order valence-corrected chi connectivity index (χ1v) is 8.22. The van der Waals surface area contributed by atoms with Gasteiger partial charge in [0.1, 0.15) is 10.0 Å². The van der Waals surface area contributed by atoms with Gasteiger partial charge in [-0.1, -0.05) is 69.2 Å². The zero-order chi connectivity index (χ0) is 14.8. The molecule has 0 aliphatic heterocycles. The highest BCUT2D eigenvalue weighted by Crippen LogP contribution is 2.32. The summed E-state index contributed by atoms with van der Waals surface area (Å²) in [7, 11) is 0. The smallest absolute Gasteiger partial charge is 0.147 e. The Morgan fingerprint density at radius 1 is 1.10 bits per heavy atom. The van der Waals surface area contributed by atoms with E-state index in [0.29, 0.717) is 5.02 Å². The highest BCUT2D eigenvalue weighted by molar-refractivity contribution is 9.10. The highest BCUT2D eigenvalue weighted by Gasteiger charge is 2.15. The summed E-state index contributed by atoms with van der Waals surface area (Å²) in [6.07, 6.45) is 0. The van der Waals surface area contributed by atoms with Crippen LogP contribution in [0.4, 0.5) is 0 Å². The van der Waals surface area contributed by atoms with E-state index in [1.807, 2.05) is 48.5 Å². The van der Waals surface area contributed by atoms with Gasteiger partial charge in [-0.2, -0.15) is 0 Å². The van der Waals surface area contributed by atoms with Crippen LogP contribution >= 0.6 is 38.9 Å². The molecule has 0 radical (unpaired) electrons. The van der Waals surface area contributed by atoms with Crippen molar-refractivity contribution in [3.05, 3.63) is 68.6 Å². The molecule has 6 heteroatoms. The molecule has 0 fully saturated rings. The van der Waals surface area contributed by atoms with Crippen LogP contribution in [0.3, 0.4) is 0 Å². The van der Waals surface area contributed by atoms with Crippen LogP contribution in [-0.4, -0.2) is 10.2 Å². The van der Waals surface area contributed by atoms with Crippen LogP contribution in [0.25, 0.3) is 10.6 Å². The molecule has 1 heterocycles. The van der Waals surface area contributed by atoms with Gasteiger partial charge >= 0.3 is 0 Å². The molecular formula is C15H11BrClN3S. The molecule has 0 saturated carbocycles. The molecule has 21 heavy (non-hydrogen) atoms. The van der Waals surface area contributed by atoms with Crippen LogP contribution in [-0.2, 0) is 0 Å². The summed E-state index contributed by atoms with van der Waals surface area (Å²) in [6, 6.07) is 15.3. The van der Waals surface area contributed by atoms with Crippen LogP contribution < -0.4 is 5.73 Å². The lowest BCUT2D eigenvalue weighted by atomic mass is 10.1. The number of hydrogen-bond acceptors (Lipinski definition) is 4. The molecule has 2 aromatic carbocycles. The average molecular weight is 381 g/mol. The van der Waals surface area contributed by atoms with Crippen molar-refractivity contribution in [2.24, 2.45) is 5.73 Å². The average Bonchev–Trinajstić information content (AvgIpc) is 2.96. The molecule has 0 saturated heterocycles. The number of hydrogen-bond donors (Lipinski definition) is 1. The van der Waals surface area contributed by atoms with E-state index in [0.717, 1.165) is 25.6 Å². The van der Waals surface area contributed by atoms with Gasteiger partial charge in [-0.3, -0.25) is 0 Å². The lowest BCUT2D eigenvalue weighted by molar-refractivity contribution is 0.831. The van der Waals surface area contributed by atoms with Crippen molar-refractivity contribution in [3.63, 3.8) is 0 Å². The van der Waals surface area contributed by atoms with E-state index in [1.165, 1.54) is 11.3 Å². The Morgan fingerprint density at radius 3 is 2.57 bits per heavy atom. The molecule has 1 unspecified atom stereocenters. The molecule has 0 aliphatic rings. The first-order valence-electron chi connectivity index (χ1n) is 6.24. The van der Waals surface area contributed by atoms with Crippen molar-refractivity contribution in [1.82, 2.24) is 10.2 Å². The predicted octanol–water partition coefficient (Wildman–Crippen LogP) is 4.67. The van der Waals surface area contributed by atoms with Gasteiger partial charge in [-0.05, 0) is 23.8 Å². The Bertz CT molecular complexity index is 740. The maximum absolute atomic E-state index is 6.24. The Morgan fingerprint density at radius 2 is 1.86 bits per heavy atom. The van der Waals surface area contributed by atoms with Gasteiger partial charge in [0.25, 0.3) is 0 Å². The molecule has 3 nitrogen and oxygen atoms in total. The molecule has 1 aromatic heterocycles. The van der Waals surface area contributed by atoms with Crippen LogP contribution in [0.15, 0.2) is 53.0 Å². The summed E-state index contributed by atoms with van der Waals surface area (Å²) < 4.78 is 0.911. The third-order valence-corrected chi connectivity index (χ3v) is 4.71. The summed E-state index contributed by atoms with van der Waals surface area (Å²) >= 11 is 11.0. The lowest BCUT2D eigenvalue weighted by Gasteiger charge is -2.06. The molecule has 0 aliphatic carbocycles. The van der Waals surface area contributed by atoms with Crippen molar-refractivity contribution in [1.29, 1.82) is 0 Å². The van der Waals surface area contributed by atoms with Gasteiger partial charge < -0.3 is 5.73 Å². The topological polar surface area (TPSA) is 51.8 Å². The summed E-state index contributed by atoms with van der Waals surface area (Å²) in [6.45, 7) is 0. The van der Waals surface area contributed by atoms with Crippen LogP contribution in [0.5, 0.6) is 0 Å². The number of nitrogens with two attached hydrogens (primary N) is 1. The maximum atomic E-state index is 6.24. The standard InChI is InChI=1S/C15H11BrClN3S/c16-11-6-10(7-12(17)8-11)14-19-20-15(21-14)13(18)9-4-2-1-3-5-9/h1-8,13H,18H2. The number of benzene rings is 2. The fourth-order valence-corrected chi connectivity index (χ4v) is 3.68. The molecule has 0 spiro atoms. The number of rotatable bonds is 3. The van der Waals surface area contributed by atoms with E-state index in [4.69, 9.17) is 17.3 Å². The van der Waals surface area contributed by atoms with E-state index in [-0.39, 0.29) is 6.04 Å². The minimum Gasteiger partial charge on any atom is -0.318 e. The van der Waals surface area contributed by atoms with Crippen molar-refractivity contribution in [2.45, 2.75) is 6.04 Å². The molecule has 0 bridgehead atoms. The van der Waals surface area contributed by atoms with Gasteiger partial charge in [-0.15, -0.1) is 10.2 Å². The predicted molar refractivity (Wildman–Crippen MR) is 90.5 cm³/mol. The van der Waals surface area contributed by atoms with Crippen molar-refractivity contribution in [2.75, 3.05) is 0 Å². The Kier molecular flexibility index (Phi) is 4.35. The third-order valence-electron chi connectivity index (χ3n) is 2.97. The monoisotopic (exact) mass is 379 g/mol. The third kappa shape index (κ3) is 3.32. The van der Waals surface area contributed by atoms with Crippen LogP contribution in [0, 0.1) is 0 Å². The fourth-order valence-electron chi connectivity index (χ4n) is 1.96. The molecule has 0 amide bonds. The largest absolute Gasteiger partial charge is 0.318 e. The second kappa shape index (κ2) is 6.23. The van der Waals surface area contributed by atoms with Gasteiger partial charge in [0, 0.05) is 15.1 Å². The molecular weight excluding hydrogens is 370 g/mol. The summed E-state index contributed by atoms with van der Waals surface area (Å²) in [4.78, 5) is 0. The second-order valence-corrected chi connectivity index (χ2v) is 6.85. The van der Waals surface area contributed by atoms with Gasteiger partial charge in [-0.25, -0.2) is 0 Å². The summed E-state index contributed by atoms with van der Waals surface area (Å²) in [5.74, 6) is 0. The molecule has 106 valence electrons. The lowest BCUT2D eigenvalue weighted by Crippen LogP contribution is -2.11. The highest BCUT2D eigenvalue weighted by atomic mass is 79.9.